The summed E-state index contributed by atoms with van der Waals surface area (Å²) < 4.78 is 0. The Bertz CT molecular complexity index is 232. The molecule has 0 amide bonds. The predicted octanol–water partition coefficient (Wildman–Crippen LogP) is 1.29. The van der Waals surface area contributed by atoms with Crippen molar-refractivity contribution in [1.29, 1.82) is 0 Å². The summed E-state index contributed by atoms with van der Waals surface area (Å²) in [5, 5.41) is 8.88. The van der Waals surface area contributed by atoms with E-state index in [-0.39, 0.29) is 6.61 Å². The maximum Gasteiger partial charge on any atom is 0.0558 e. The van der Waals surface area contributed by atoms with Gasteiger partial charge in [0.25, 0.3) is 0 Å². The van der Waals surface area contributed by atoms with Crippen LogP contribution in [0, 0.1) is 0 Å². The van der Waals surface area contributed by atoms with Crippen LogP contribution in [-0.2, 0) is 6.54 Å². The highest BCUT2D eigenvalue weighted by Crippen LogP contribution is 2.01. The van der Waals surface area contributed by atoms with Gasteiger partial charge in [-0.15, -0.1) is 0 Å². The van der Waals surface area contributed by atoms with Crippen LogP contribution in [0.15, 0.2) is 24.4 Å². The quantitative estimate of drug-likeness (QED) is 0.741. The van der Waals surface area contributed by atoms with Gasteiger partial charge in [-0.25, -0.2) is 0 Å². The largest absolute Gasteiger partial charge is 0.395 e. The normalized spacial score (nSPS) is 10.8. The van der Waals surface area contributed by atoms with Crippen molar-refractivity contribution in [2.75, 3.05) is 19.7 Å². The third-order valence-electron chi connectivity index (χ3n) is 2.07. The molecule has 0 fully saturated rings. The molecule has 0 bridgehead atoms. The standard InChI is InChI=1S/C11H18N2O/c1-2-7-13(8-9-14)10-11-5-3-4-6-12-11/h3-6,14H,2,7-10H2,1H3. The number of pyridine rings is 1. The van der Waals surface area contributed by atoms with Gasteiger partial charge in [0.2, 0.25) is 0 Å². The number of aromatic nitrogens is 1. The van der Waals surface area contributed by atoms with Crippen LogP contribution in [0.2, 0.25) is 0 Å². The lowest BCUT2D eigenvalue weighted by molar-refractivity contribution is 0.189. The van der Waals surface area contributed by atoms with Crippen LogP contribution >= 0.6 is 0 Å². The lowest BCUT2D eigenvalue weighted by atomic mass is 10.3. The Morgan fingerprint density at radius 3 is 2.79 bits per heavy atom. The zero-order chi connectivity index (χ0) is 10.2. The minimum absolute atomic E-state index is 0.215. The van der Waals surface area contributed by atoms with Crippen molar-refractivity contribution in [2.45, 2.75) is 19.9 Å². The van der Waals surface area contributed by atoms with E-state index in [9.17, 15) is 0 Å². The van der Waals surface area contributed by atoms with Crippen molar-refractivity contribution in [2.24, 2.45) is 0 Å². The Kier molecular flexibility index (Phi) is 5.19. The number of hydrogen-bond donors (Lipinski definition) is 1. The lowest BCUT2D eigenvalue weighted by Gasteiger charge is -2.19. The van der Waals surface area contributed by atoms with Gasteiger partial charge in [0.15, 0.2) is 0 Å². The molecular formula is C11H18N2O. The first kappa shape index (κ1) is 11.1. The fraction of sp³-hybridized carbons (Fsp3) is 0.545. The summed E-state index contributed by atoms with van der Waals surface area (Å²) in [6.07, 6.45) is 2.91. The van der Waals surface area contributed by atoms with Crippen LogP contribution in [0.3, 0.4) is 0 Å². The molecule has 78 valence electrons. The van der Waals surface area contributed by atoms with E-state index in [1.54, 1.807) is 6.20 Å². The summed E-state index contributed by atoms with van der Waals surface area (Å²) in [6, 6.07) is 5.92. The average Bonchev–Trinajstić information content (AvgIpc) is 2.20. The number of rotatable bonds is 6. The van der Waals surface area contributed by atoms with Gasteiger partial charge in [-0.05, 0) is 25.1 Å². The summed E-state index contributed by atoms with van der Waals surface area (Å²) in [5.74, 6) is 0. The Labute approximate surface area is 85.4 Å². The van der Waals surface area contributed by atoms with Gasteiger partial charge in [-0.3, -0.25) is 9.88 Å². The minimum atomic E-state index is 0.215. The van der Waals surface area contributed by atoms with E-state index in [1.807, 2.05) is 18.2 Å². The average molecular weight is 194 g/mol. The van der Waals surface area contributed by atoms with Gasteiger partial charge in [0.05, 0.1) is 12.3 Å². The summed E-state index contributed by atoms with van der Waals surface area (Å²) in [6.45, 7) is 4.92. The topological polar surface area (TPSA) is 36.4 Å². The van der Waals surface area contributed by atoms with E-state index in [4.69, 9.17) is 5.11 Å². The molecule has 0 saturated heterocycles. The molecule has 0 aliphatic carbocycles. The highest BCUT2D eigenvalue weighted by Gasteiger charge is 2.03. The molecule has 14 heavy (non-hydrogen) atoms. The Hall–Kier alpha value is -0.930. The second-order valence-electron chi connectivity index (χ2n) is 3.32. The maximum absolute atomic E-state index is 8.88. The predicted molar refractivity (Wildman–Crippen MR) is 56.9 cm³/mol. The summed E-state index contributed by atoms with van der Waals surface area (Å²) >= 11 is 0. The number of hydrogen-bond acceptors (Lipinski definition) is 3. The number of aliphatic hydroxyl groups is 1. The SMILES string of the molecule is CCCN(CCO)Cc1ccccn1. The van der Waals surface area contributed by atoms with E-state index in [2.05, 4.69) is 16.8 Å². The Morgan fingerprint density at radius 1 is 1.36 bits per heavy atom. The second-order valence-corrected chi connectivity index (χ2v) is 3.32. The van der Waals surface area contributed by atoms with Crippen LogP contribution in [0.4, 0.5) is 0 Å². The van der Waals surface area contributed by atoms with Crippen molar-refractivity contribution in [3.05, 3.63) is 30.1 Å². The molecule has 0 atom stereocenters. The molecule has 1 N–H and O–H groups in total. The zero-order valence-electron chi connectivity index (χ0n) is 8.69. The van der Waals surface area contributed by atoms with Gasteiger partial charge in [0.1, 0.15) is 0 Å². The van der Waals surface area contributed by atoms with E-state index >= 15 is 0 Å². The molecule has 1 aromatic rings. The molecule has 0 radical (unpaired) electrons. The summed E-state index contributed by atoms with van der Waals surface area (Å²) in [7, 11) is 0. The minimum Gasteiger partial charge on any atom is -0.395 e. The highest BCUT2D eigenvalue weighted by molar-refractivity contribution is 5.03. The smallest absolute Gasteiger partial charge is 0.0558 e. The number of aliphatic hydroxyl groups excluding tert-OH is 1. The van der Waals surface area contributed by atoms with E-state index in [0.717, 1.165) is 31.7 Å². The molecular weight excluding hydrogens is 176 g/mol. The monoisotopic (exact) mass is 194 g/mol. The van der Waals surface area contributed by atoms with E-state index < -0.39 is 0 Å². The first-order chi connectivity index (χ1) is 6.86. The third-order valence-corrected chi connectivity index (χ3v) is 2.07. The van der Waals surface area contributed by atoms with Crippen LogP contribution in [0.1, 0.15) is 19.0 Å². The van der Waals surface area contributed by atoms with Crippen molar-refractivity contribution >= 4 is 0 Å². The zero-order valence-corrected chi connectivity index (χ0v) is 8.69. The van der Waals surface area contributed by atoms with Gasteiger partial charge in [-0.2, -0.15) is 0 Å². The van der Waals surface area contributed by atoms with Crippen molar-refractivity contribution in [3.8, 4) is 0 Å². The molecule has 0 saturated carbocycles. The summed E-state index contributed by atoms with van der Waals surface area (Å²) in [4.78, 5) is 6.47. The lowest BCUT2D eigenvalue weighted by Crippen LogP contribution is -2.27. The van der Waals surface area contributed by atoms with Crippen LogP contribution in [0.25, 0.3) is 0 Å². The van der Waals surface area contributed by atoms with Gasteiger partial charge in [-0.1, -0.05) is 13.0 Å². The van der Waals surface area contributed by atoms with Crippen molar-refractivity contribution in [1.82, 2.24) is 9.88 Å². The van der Waals surface area contributed by atoms with Gasteiger partial charge in [0, 0.05) is 19.3 Å². The van der Waals surface area contributed by atoms with Gasteiger partial charge >= 0.3 is 0 Å². The van der Waals surface area contributed by atoms with Crippen molar-refractivity contribution in [3.63, 3.8) is 0 Å². The molecule has 3 nitrogen and oxygen atoms in total. The van der Waals surface area contributed by atoms with Crippen LogP contribution in [0.5, 0.6) is 0 Å². The molecule has 0 aromatic carbocycles. The van der Waals surface area contributed by atoms with E-state index in [0.29, 0.717) is 0 Å². The molecule has 0 aliphatic rings. The second kappa shape index (κ2) is 6.51. The van der Waals surface area contributed by atoms with Crippen molar-refractivity contribution < 1.29 is 5.11 Å². The molecule has 1 rings (SSSR count). The Balaban J connectivity index is 2.46. The first-order valence-electron chi connectivity index (χ1n) is 5.10. The maximum atomic E-state index is 8.88. The van der Waals surface area contributed by atoms with Gasteiger partial charge < -0.3 is 5.11 Å². The molecule has 1 aromatic heterocycles. The number of nitrogens with zero attached hydrogens (tertiary/aromatic N) is 2. The fourth-order valence-corrected chi connectivity index (χ4v) is 1.45. The molecule has 3 heteroatoms. The third kappa shape index (κ3) is 3.85. The Morgan fingerprint density at radius 2 is 2.21 bits per heavy atom. The summed E-state index contributed by atoms with van der Waals surface area (Å²) in [5.41, 5.74) is 1.06. The van der Waals surface area contributed by atoms with E-state index in [1.165, 1.54) is 0 Å². The molecule has 0 spiro atoms. The van der Waals surface area contributed by atoms with Crippen LogP contribution < -0.4 is 0 Å². The van der Waals surface area contributed by atoms with Crippen LogP contribution in [-0.4, -0.2) is 34.7 Å². The molecule has 1 heterocycles. The highest BCUT2D eigenvalue weighted by atomic mass is 16.3. The molecule has 0 unspecified atom stereocenters. The molecule has 0 aliphatic heterocycles. The first-order valence-corrected chi connectivity index (χ1v) is 5.10. The fourth-order valence-electron chi connectivity index (χ4n) is 1.45.